The molecule has 0 saturated heterocycles. The van der Waals surface area contributed by atoms with Gasteiger partial charge in [0.2, 0.25) is 5.91 Å². The number of amides is 1. The van der Waals surface area contributed by atoms with E-state index in [-0.39, 0.29) is 24.7 Å². The lowest BCUT2D eigenvalue weighted by molar-refractivity contribution is -0.136. The van der Waals surface area contributed by atoms with Gasteiger partial charge in [0.1, 0.15) is 5.75 Å². The van der Waals surface area contributed by atoms with E-state index in [1.54, 1.807) is 24.3 Å². The number of para-hydroxylation sites is 1. The molecule has 0 aliphatic heterocycles. The average molecular weight is 235 g/mol. The fraction of sp³-hybridized carbons (Fsp3) is 0.385. The predicted octanol–water partition coefficient (Wildman–Crippen LogP) is 1.90. The molecule has 0 aliphatic carbocycles. The molecule has 17 heavy (non-hydrogen) atoms. The van der Waals surface area contributed by atoms with E-state index in [1.807, 2.05) is 13.0 Å². The van der Waals surface area contributed by atoms with Crippen molar-refractivity contribution in [1.82, 2.24) is 5.32 Å². The zero-order chi connectivity index (χ0) is 12.5. The van der Waals surface area contributed by atoms with E-state index in [2.05, 4.69) is 5.32 Å². The molecule has 1 aromatic carbocycles. The maximum atomic E-state index is 11.4. The van der Waals surface area contributed by atoms with E-state index in [0.717, 1.165) is 6.42 Å². The van der Waals surface area contributed by atoms with Gasteiger partial charge in [-0.3, -0.25) is 9.59 Å². The Morgan fingerprint density at radius 2 is 1.88 bits per heavy atom. The number of esters is 1. The lowest BCUT2D eigenvalue weighted by atomic mass is 10.3. The molecular weight excluding hydrogens is 218 g/mol. The molecule has 0 atom stereocenters. The van der Waals surface area contributed by atoms with Gasteiger partial charge < -0.3 is 10.1 Å². The van der Waals surface area contributed by atoms with Crippen LogP contribution in [0.15, 0.2) is 30.3 Å². The van der Waals surface area contributed by atoms with Gasteiger partial charge in [-0.15, -0.1) is 0 Å². The molecule has 1 N–H and O–H groups in total. The first-order chi connectivity index (χ1) is 8.22. The molecule has 1 amide bonds. The highest BCUT2D eigenvalue weighted by molar-refractivity contribution is 5.82. The average Bonchev–Trinajstić information content (AvgIpc) is 2.35. The van der Waals surface area contributed by atoms with Crippen molar-refractivity contribution in [2.24, 2.45) is 0 Å². The molecule has 0 fully saturated rings. The summed E-state index contributed by atoms with van der Waals surface area (Å²) in [5.74, 6) is 0.00572. The molecule has 92 valence electrons. The second kappa shape index (κ2) is 7.44. The second-order valence-electron chi connectivity index (χ2n) is 3.64. The third-order valence-electron chi connectivity index (χ3n) is 2.10. The number of hydrogen-bond donors (Lipinski definition) is 1. The quantitative estimate of drug-likeness (QED) is 0.605. The molecule has 0 aromatic heterocycles. The van der Waals surface area contributed by atoms with Gasteiger partial charge in [-0.25, -0.2) is 0 Å². The summed E-state index contributed by atoms with van der Waals surface area (Å²) >= 11 is 0. The van der Waals surface area contributed by atoms with Crippen molar-refractivity contribution in [3.8, 4) is 5.75 Å². The lowest BCUT2D eigenvalue weighted by Crippen LogP contribution is -2.25. The molecule has 0 spiro atoms. The Morgan fingerprint density at radius 1 is 1.18 bits per heavy atom. The Morgan fingerprint density at radius 3 is 2.53 bits per heavy atom. The number of carbonyl (C=O) groups excluding carboxylic acids is 2. The molecule has 0 aliphatic rings. The summed E-state index contributed by atoms with van der Waals surface area (Å²) in [7, 11) is 0. The van der Waals surface area contributed by atoms with Crippen molar-refractivity contribution < 1.29 is 14.3 Å². The molecule has 1 rings (SSSR count). The molecule has 0 saturated carbocycles. The molecular formula is C13H17NO3. The Balaban J connectivity index is 2.24. The van der Waals surface area contributed by atoms with Crippen LogP contribution in [0.3, 0.4) is 0 Å². The summed E-state index contributed by atoms with van der Waals surface area (Å²) in [6, 6.07) is 8.83. The van der Waals surface area contributed by atoms with Crippen molar-refractivity contribution >= 4 is 11.9 Å². The van der Waals surface area contributed by atoms with E-state index < -0.39 is 0 Å². The predicted molar refractivity (Wildman–Crippen MR) is 64.6 cm³/mol. The normalized spacial score (nSPS) is 9.71. The van der Waals surface area contributed by atoms with Crippen LogP contribution in [0.5, 0.6) is 5.75 Å². The smallest absolute Gasteiger partial charge is 0.311 e. The SMILES string of the molecule is CCCNC(=O)CCC(=O)Oc1ccccc1. The first-order valence-electron chi connectivity index (χ1n) is 5.74. The number of rotatable bonds is 6. The highest BCUT2D eigenvalue weighted by Crippen LogP contribution is 2.09. The summed E-state index contributed by atoms with van der Waals surface area (Å²) in [5.41, 5.74) is 0. The second-order valence-corrected chi connectivity index (χ2v) is 3.64. The van der Waals surface area contributed by atoms with Crippen LogP contribution in [0.4, 0.5) is 0 Å². The molecule has 4 nitrogen and oxygen atoms in total. The minimum Gasteiger partial charge on any atom is -0.427 e. The molecule has 0 bridgehead atoms. The van der Waals surface area contributed by atoms with Crippen molar-refractivity contribution in [2.75, 3.05) is 6.54 Å². The van der Waals surface area contributed by atoms with E-state index in [9.17, 15) is 9.59 Å². The van der Waals surface area contributed by atoms with Gasteiger partial charge >= 0.3 is 5.97 Å². The Hall–Kier alpha value is -1.84. The maximum Gasteiger partial charge on any atom is 0.311 e. The maximum absolute atomic E-state index is 11.4. The number of hydrogen-bond acceptors (Lipinski definition) is 3. The van der Waals surface area contributed by atoms with Gasteiger partial charge in [-0.1, -0.05) is 25.1 Å². The minimum atomic E-state index is -0.386. The van der Waals surface area contributed by atoms with Crippen LogP contribution in [-0.4, -0.2) is 18.4 Å². The van der Waals surface area contributed by atoms with Crippen LogP contribution in [0, 0.1) is 0 Å². The van der Waals surface area contributed by atoms with Crippen LogP contribution >= 0.6 is 0 Å². The van der Waals surface area contributed by atoms with Crippen molar-refractivity contribution in [3.05, 3.63) is 30.3 Å². The Kier molecular flexibility index (Phi) is 5.79. The zero-order valence-electron chi connectivity index (χ0n) is 9.94. The van der Waals surface area contributed by atoms with Crippen molar-refractivity contribution in [3.63, 3.8) is 0 Å². The first-order valence-corrected chi connectivity index (χ1v) is 5.74. The van der Waals surface area contributed by atoms with Gasteiger partial charge in [0, 0.05) is 13.0 Å². The van der Waals surface area contributed by atoms with Crippen LogP contribution in [0.2, 0.25) is 0 Å². The molecule has 0 radical (unpaired) electrons. The fourth-order valence-electron chi connectivity index (χ4n) is 1.24. The summed E-state index contributed by atoms with van der Waals surface area (Å²) in [5, 5.41) is 2.70. The molecule has 4 heteroatoms. The van der Waals surface area contributed by atoms with Gasteiger partial charge in [-0.05, 0) is 18.6 Å². The third-order valence-corrected chi connectivity index (χ3v) is 2.10. The van der Waals surface area contributed by atoms with Gasteiger partial charge in [-0.2, -0.15) is 0 Å². The highest BCUT2D eigenvalue weighted by atomic mass is 16.5. The van der Waals surface area contributed by atoms with Crippen LogP contribution < -0.4 is 10.1 Å². The number of ether oxygens (including phenoxy) is 1. The number of benzene rings is 1. The van der Waals surface area contributed by atoms with Gasteiger partial charge in [0.05, 0.1) is 6.42 Å². The van der Waals surface area contributed by atoms with Crippen LogP contribution in [-0.2, 0) is 9.59 Å². The molecule has 1 aromatic rings. The van der Waals surface area contributed by atoms with Crippen LogP contribution in [0.25, 0.3) is 0 Å². The van der Waals surface area contributed by atoms with Crippen LogP contribution in [0.1, 0.15) is 26.2 Å². The summed E-state index contributed by atoms with van der Waals surface area (Å²) in [4.78, 5) is 22.6. The van der Waals surface area contributed by atoms with E-state index in [0.29, 0.717) is 12.3 Å². The number of nitrogens with one attached hydrogen (secondary N) is 1. The Bertz CT molecular complexity index is 362. The number of carbonyl (C=O) groups is 2. The van der Waals surface area contributed by atoms with Crippen molar-refractivity contribution in [2.45, 2.75) is 26.2 Å². The third kappa shape index (κ3) is 5.70. The highest BCUT2D eigenvalue weighted by Gasteiger charge is 2.08. The fourth-order valence-corrected chi connectivity index (χ4v) is 1.24. The lowest BCUT2D eigenvalue weighted by Gasteiger charge is -2.04. The topological polar surface area (TPSA) is 55.4 Å². The Labute approximate surface area is 101 Å². The summed E-state index contributed by atoms with van der Waals surface area (Å²) in [6.07, 6.45) is 1.16. The van der Waals surface area contributed by atoms with Gasteiger partial charge in [0.25, 0.3) is 0 Å². The standard InChI is InChI=1S/C13H17NO3/c1-2-10-14-12(15)8-9-13(16)17-11-6-4-3-5-7-11/h3-7H,2,8-10H2,1H3,(H,14,15). The summed E-state index contributed by atoms with van der Waals surface area (Å²) < 4.78 is 5.05. The zero-order valence-corrected chi connectivity index (χ0v) is 9.94. The van der Waals surface area contributed by atoms with E-state index in [4.69, 9.17) is 4.74 Å². The summed E-state index contributed by atoms with van der Waals surface area (Å²) in [6.45, 7) is 2.62. The van der Waals surface area contributed by atoms with Gasteiger partial charge in [0.15, 0.2) is 0 Å². The first kappa shape index (κ1) is 13.2. The van der Waals surface area contributed by atoms with E-state index in [1.165, 1.54) is 0 Å². The molecule has 0 heterocycles. The van der Waals surface area contributed by atoms with Crippen molar-refractivity contribution in [1.29, 1.82) is 0 Å². The van der Waals surface area contributed by atoms with E-state index >= 15 is 0 Å². The minimum absolute atomic E-state index is 0.102. The molecule has 0 unspecified atom stereocenters. The largest absolute Gasteiger partial charge is 0.427 e. The monoisotopic (exact) mass is 235 g/mol.